The number of benzene rings is 2. The molecule has 7 heteroatoms. The average molecular weight is 392 g/mol. The van der Waals surface area contributed by atoms with E-state index in [1.54, 1.807) is 7.11 Å². The van der Waals surface area contributed by atoms with Gasteiger partial charge in [-0.25, -0.2) is 0 Å². The fraction of sp³-hybridized carbons (Fsp3) is 0.273. The van der Waals surface area contributed by atoms with Gasteiger partial charge in [0.15, 0.2) is 17.3 Å². The molecule has 2 heterocycles. The van der Waals surface area contributed by atoms with Gasteiger partial charge in [-0.05, 0) is 42.7 Å². The summed E-state index contributed by atoms with van der Waals surface area (Å²) < 4.78 is 21.5. The Kier molecular flexibility index (Phi) is 4.16. The lowest BCUT2D eigenvalue weighted by Gasteiger charge is -2.12. The van der Waals surface area contributed by atoms with Gasteiger partial charge < -0.3 is 24.1 Å². The normalized spacial score (nSPS) is 15.8. The molecule has 2 aromatic carbocycles. The zero-order chi connectivity index (χ0) is 19.8. The number of aromatic nitrogens is 1. The van der Waals surface area contributed by atoms with E-state index in [9.17, 15) is 4.79 Å². The second-order valence-electron chi connectivity index (χ2n) is 7.26. The first-order chi connectivity index (χ1) is 14.2. The van der Waals surface area contributed by atoms with Gasteiger partial charge in [0.2, 0.25) is 12.7 Å². The zero-order valence-electron chi connectivity index (χ0n) is 15.9. The maximum atomic E-state index is 12.9. The molecule has 1 aromatic heterocycles. The van der Waals surface area contributed by atoms with Crippen molar-refractivity contribution >= 4 is 5.91 Å². The van der Waals surface area contributed by atoms with Gasteiger partial charge in [-0.1, -0.05) is 23.4 Å². The number of hydrogen-bond acceptors (Lipinski definition) is 6. The molecule has 1 saturated carbocycles. The van der Waals surface area contributed by atoms with Crippen molar-refractivity contribution < 1.29 is 23.5 Å². The van der Waals surface area contributed by atoms with Gasteiger partial charge >= 0.3 is 0 Å². The summed E-state index contributed by atoms with van der Waals surface area (Å²) in [5.41, 5.74) is 1.87. The van der Waals surface area contributed by atoms with Crippen LogP contribution in [-0.4, -0.2) is 25.0 Å². The quantitative estimate of drug-likeness (QED) is 0.692. The van der Waals surface area contributed by atoms with Crippen LogP contribution in [0.4, 0.5) is 0 Å². The monoisotopic (exact) mass is 392 g/mol. The molecule has 1 aliphatic heterocycles. The summed E-state index contributed by atoms with van der Waals surface area (Å²) in [6, 6.07) is 15.1. The minimum atomic E-state index is -0.614. The lowest BCUT2D eigenvalue weighted by atomic mass is 10.00. The summed E-state index contributed by atoms with van der Waals surface area (Å²) in [5, 5.41) is 7.21. The molecule has 1 amide bonds. The SMILES string of the molecule is COc1cccc(-c2cc(C3(C(=O)NCc4ccc5c(c4)OCO5)CC3)no2)c1. The van der Waals surface area contributed by atoms with E-state index in [-0.39, 0.29) is 12.7 Å². The zero-order valence-corrected chi connectivity index (χ0v) is 15.9. The number of nitrogens with zero attached hydrogens (tertiary/aromatic N) is 1. The van der Waals surface area contributed by atoms with Crippen LogP contribution in [0.2, 0.25) is 0 Å². The van der Waals surface area contributed by atoms with E-state index in [0.717, 1.165) is 35.5 Å². The Labute approximate surface area is 167 Å². The Morgan fingerprint density at radius 2 is 2.00 bits per heavy atom. The average Bonchev–Trinajstić information content (AvgIpc) is 3.20. The Bertz CT molecular complexity index is 1070. The molecule has 0 radical (unpaired) electrons. The molecule has 148 valence electrons. The molecule has 0 spiro atoms. The van der Waals surface area contributed by atoms with Gasteiger partial charge in [0, 0.05) is 18.2 Å². The maximum absolute atomic E-state index is 12.9. The summed E-state index contributed by atoms with van der Waals surface area (Å²) >= 11 is 0. The van der Waals surface area contributed by atoms with Crippen LogP contribution in [0.15, 0.2) is 53.1 Å². The van der Waals surface area contributed by atoms with E-state index in [1.165, 1.54) is 0 Å². The third-order valence-electron chi connectivity index (χ3n) is 5.43. The van der Waals surface area contributed by atoms with Gasteiger partial charge in [0.05, 0.1) is 18.2 Å². The van der Waals surface area contributed by atoms with Crippen LogP contribution < -0.4 is 19.5 Å². The Hall–Kier alpha value is -3.48. The maximum Gasteiger partial charge on any atom is 0.232 e. The van der Waals surface area contributed by atoms with E-state index in [1.807, 2.05) is 48.5 Å². The third kappa shape index (κ3) is 3.18. The predicted octanol–water partition coefficient (Wildman–Crippen LogP) is 3.43. The smallest absolute Gasteiger partial charge is 0.232 e. The van der Waals surface area contributed by atoms with Crippen molar-refractivity contribution in [2.75, 3.05) is 13.9 Å². The van der Waals surface area contributed by atoms with E-state index in [0.29, 0.717) is 23.7 Å². The lowest BCUT2D eigenvalue weighted by Crippen LogP contribution is -2.34. The largest absolute Gasteiger partial charge is 0.497 e. The van der Waals surface area contributed by atoms with E-state index in [4.69, 9.17) is 18.7 Å². The number of nitrogens with one attached hydrogen (secondary N) is 1. The highest BCUT2D eigenvalue weighted by atomic mass is 16.7. The fourth-order valence-corrected chi connectivity index (χ4v) is 3.54. The number of amides is 1. The van der Waals surface area contributed by atoms with Crippen LogP contribution in [0.25, 0.3) is 11.3 Å². The molecule has 0 saturated heterocycles. The fourth-order valence-electron chi connectivity index (χ4n) is 3.54. The van der Waals surface area contributed by atoms with Gasteiger partial charge in [-0.15, -0.1) is 0 Å². The second-order valence-corrected chi connectivity index (χ2v) is 7.26. The van der Waals surface area contributed by atoms with E-state index < -0.39 is 5.41 Å². The summed E-state index contributed by atoms with van der Waals surface area (Å²) in [6.45, 7) is 0.647. The second kappa shape index (κ2) is 6.84. The van der Waals surface area contributed by atoms with Crippen LogP contribution in [0.3, 0.4) is 0 Å². The van der Waals surface area contributed by atoms with Gasteiger partial charge in [0.25, 0.3) is 0 Å². The number of methoxy groups -OCH3 is 1. The molecule has 1 N–H and O–H groups in total. The first-order valence-electron chi connectivity index (χ1n) is 9.46. The van der Waals surface area contributed by atoms with E-state index in [2.05, 4.69) is 10.5 Å². The van der Waals surface area contributed by atoms with Crippen LogP contribution in [0.1, 0.15) is 24.1 Å². The molecule has 29 heavy (non-hydrogen) atoms. The first-order valence-corrected chi connectivity index (χ1v) is 9.46. The highest BCUT2D eigenvalue weighted by molar-refractivity contribution is 5.91. The number of ether oxygens (including phenoxy) is 3. The van der Waals surface area contributed by atoms with Gasteiger partial charge in [-0.3, -0.25) is 4.79 Å². The summed E-state index contributed by atoms with van der Waals surface area (Å²) in [6.07, 6.45) is 1.51. The van der Waals surface area contributed by atoms with Crippen molar-refractivity contribution in [3.63, 3.8) is 0 Å². The summed E-state index contributed by atoms with van der Waals surface area (Å²) in [7, 11) is 1.62. The van der Waals surface area contributed by atoms with Crippen LogP contribution >= 0.6 is 0 Å². The number of carbonyl (C=O) groups excluding carboxylic acids is 1. The topological polar surface area (TPSA) is 82.8 Å². The molecule has 1 aliphatic carbocycles. The highest BCUT2D eigenvalue weighted by Crippen LogP contribution is 2.48. The molecule has 2 aliphatic rings. The van der Waals surface area contributed by atoms with Gasteiger partial charge in [0.1, 0.15) is 5.75 Å². The molecule has 0 atom stereocenters. The molecule has 5 rings (SSSR count). The number of hydrogen-bond donors (Lipinski definition) is 1. The molecular weight excluding hydrogens is 372 g/mol. The van der Waals surface area contributed by atoms with Crippen molar-refractivity contribution in [3.05, 3.63) is 59.8 Å². The minimum absolute atomic E-state index is 0.0411. The van der Waals surface area contributed by atoms with Crippen molar-refractivity contribution in [2.24, 2.45) is 0 Å². The number of rotatable bonds is 6. The van der Waals surface area contributed by atoms with Crippen molar-refractivity contribution in [1.29, 1.82) is 0 Å². The van der Waals surface area contributed by atoms with Crippen LogP contribution in [0.5, 0.6) is 17.2 Å². The third-order valence-corrected chi connectivity index (χ3v) is 5.43. The first kappa shape index (κ1) is 17.6. The number of carbonyl (C=O) groups is 1. The van der Waals surface area contributed by atoms with Crippen molar-refractivity contribution in [1.82, 2.24) is 10.5 Å². The van der Waals surface area contributed by atoms with Crippen molar-refractivity contribution in [2.45, 2.75) is 24.8 Å². The highest BCUT2D eigenvalue weighted by Gasteiger charge is 2.53. The van der Waals surface area contributed by atoms with Crippen molar-refractivity contribution in [3.8, 4) is 28.6 Å². The van der Waals surface area contributed by atoms with Gasteiger partial charge in [-0.2, -0.15) is 0 Å². The molecule has 1 fully saturated rings. The molecule has 0 bridgehead atoms. The molecule has 3 aromatic rings. The summed E-state index contributed by atoms with van der Waals surface area (Å²) in [5.74, 6) is 2.75. The van der Waals surface area contributed by atoms with Crippen LogP contribution in [0, 0.1) is 0 Å². The Balaban J connectivity index is 1.30. The standard InChI is InChI=1S/C22H20N2O5/c1-26-16-4-2-3-15(10-16)18-11-20(24-29-18)22(7-8-22)21(25)23-12-14-5-6-17-19(9-14)28-13-27-17/h2-6,9-11H,7-8,12-13H2,1H3,(H,23,25). The minimum Gasteiger partial charge on any atom is -0.497 e. The predicted molar refractivity (Wildman–Crippen MR) is 104 cm³/mol. The van der Waals surface area contributed by atoms with E-state index >= 15 is 0 Å². The Morgan fingerprint density at radius 3 is 2.83 bits per heavy atom. The Morgan fingerprint density at radius 1 is 1.14 bits per heavy atom. The molecule has 7 nitrogen and oxygen atoms in total. The lowest BCUT2D eigenvalue weighted by molar-refractivity contribution is -0.123. The van der Waals surface area contributed by atoms with Crippen LogP contribution in [-0.2, 0) is 16.8 Å². The molecular formula is C22H20N2O5. The number of fused-ring (bicyclic) bond motifs is 1. The summed E-state index contributed by atoms with van der Waals surface area (Å²) in [4.78, 5) is 12.9. The molecule has 0 unspecified atom stereocenters.